The molecule has 0 aliphatic carbocycles. The average Bonchev–Trinajstić information content (AvgIpc) is 0.868. The van der Waals surface area contributed by atoms with Crippen molar-refractivity contribution in [2.75, 3.05) is 112 Å². The quantitative estimate of drug-likeness (QED) is 0.0266. The van der Waals surface area contributed by atoms with Gasteiger partial charge in [0, 0.05) is 31.8 Å². The molecule has 0 spiro atoms. The van der Waals surface area contributed by atoms with Crippen molar-refractivity contribution in [2.45, 2.75) is 267 Å². The second kappa shape index (κ2) is 51.2. The molecule has 15 atom stereocenters. The minimum atomic E-state index is -2.05. The number of carbonyl (C=O) groups excluding carboxylic acids is 7. The van der Waals surface area contributed by atoms with E-state index in [9.17, 15) is 43.8 Å². The molecule has 1 amide bonds. The number of carbonyl (C=O) groups is 7. The number of Topliss-reactive ketones (excluding diaryl/α,β-unsaturated/α-hetero) is 1. The summed E-state index contributed by atoms with van der Waals surface area (Å²) in [6.45, 7) is 30.4. The Balaban J connectivity index is 2.14. The van der Waals surface area contributed by atoms with Gasteiger partial charge in [-0.2, -0.15) is 0 Å². The molecule has 1 aromatic rings. The topological polar surface area (TPSA) is 311 Å². The van der Waals surface area contributed by atoms with E-state index >= 15 is 0 Å². The number of aliphatic hydroxyl groups is 2. The molecule has 0 aromatic heterocycles. The number of likely N-dealkylation sites (tertiary alicyclic amines) is 1. The van der Waals surface area contributed by atoms with Gasteiger partial charge in [-0.15, -0.1) is 0 Å². The number of para-hydroxylation sites is 1. The lowest BCUT2D eigenvalue weighted by Gasteiger charge is -2.36. The van der Waals surface area contributed by atoms with Gasteiger partial charge in [-0.25, -0.2) is 0 Å². The Morgan fingerprint density at radius 1 is 0.470 bits per heavy atom. The molecule has 1 aliphatic heterocycles. The van der Waals surface area contributed by atoms with Crippen molar-refractivity contribution in [3.8, 4) is 5.75 Å². The van der Waals surface area contributed by atoms with Gasteiger partial charge >= 0.3 is 29.8 Å². The number of amides is 1. The lowest BCUT2D eigenvalue weighted by Crippen LogP contribution is -2.44. The number of hydrogen-bond donors (Lipinski definition) is 2. The first-order valence-corrected chi connectivity index (χ1v) is 36.2. The number of ether oxygens (including phenoxy) is 16. The smallest absolute Gasteiger partial charge is 0.319 e. The van der Waals surface area contributed by atoms with Crippen LogP contribution in [0.2, 0.25) is 0 Å². The van der Waals surface area contributed by atoms with Gasteiger partial charge in [0.05, 0.1) is 151 Å². The number of benzene rings is 1. The average molecular weight is 1430 g/mol. The zero-order chi connectivity index (χ0) is 74.6. The van der Waals surface area contributed by atoms with Gasteiger partial charge in [-0.05, 0) is 167 Å². The van der Waals surface area contributed by atoms with Gasteiger partial charge in [0.1, 0.15) is 56.6 Å². The minimum Gasteiger partial charge on any atom is -0.490 e. The summed E-state index contributed by atoms with van der Waals surface area (Å²) in [6.07, 6.45) is -1.96. The molecule has 578 valence electrons. The largest absolute Gasteiger partial charge is 0.490 e. The fourth-order valence-electron chi connectivity index (χ4n) is 10.5. The van der Waals surface area contributed by atoms with Crippen LogP contribution in [0.15, 0.2) is 30.3 Å². The summed E-state index contributed by atoms with van der Waals surface area (Å²) < 4.78 is 92.2. The predicted octanol–water partition coefficient (Wildman–Crippen LogP) is 8.72. The minimum absolute atomic E-state index is 0.00165. The molecule has 0 bridgehead atoms. The van der Waals surface area contributed by atoms with Crippen molar-refractivity contribution >= 4 is 41.5 Å². The van der Waals surface area contributed by atoms with Gasteiger partial charge in [-0.3, -0.25) is 33.6 Å². The molecule has 1 fully saturated rings. The van der Waals surface area contributed by atoms with Gasteiger partial charge in [-0.1, -0.05) is 31.5 Å². The van der Waals surface area contributed by atoms with E-state index in [-0.39, 0.29) is 146 Å². The van der Waals surface area contributed by atoms with E-state index in [0.29, 0.717) is 51.6 Å². The Labute approximate surface area is 596 Å². The third-order valence-corrected chi connectivity index (χ3v) is 16.8. The number of hydrogen-bond acceptors (Lipinski definition) is 25. The zero-order valence-electron chi connectivity index (χ0n) is 63.2. The second-order valence-electron chi connectivity index (χ2n) is 27.4. The van der Waals surface area contributed by atoms with Gasteiger partial charge < -0.3 is 90.9 Å². The van der Waals surface area contributed by atoms with Crippen LogP contribution < -0.4 is 4.74 Å². The van der Waals surface area contributed by atoms with Crippen molar-refractivity contribution in [3.63, 3.8) is 0 Å². The van der Waals surface area contributed by atoms with Crippen LogP contribution >= 0.6 is 0 Å². The van der Waals surface area contributed by atoms with E-state index in [2.05, 4.69) is 0 Å². The van der Waals surface area contributed by atoms with Crippen LogP contribution in [-0.2, 0) is 105 Å². The Morgan fingerprint density at radius 3 is 1.24 bits per heavy atom. The highest BCUT2D eigenvalue weighted by molar-refractivity contribution is 6.03. The van der Waals surface area contributed by atoms with E-state index in [4.69, 9.17) is 75.8 Å². The first kappa shape index (κ1) is 91.1. The van der Waals surface area contributed by atoms with Crippen molar-refractivity contribution in [3.05, 3.63) is 30.3 Å². The van der Waals surface area contributed by atoms with Crippen LogP contribution in [0.5, 0.6) is 5.75 Å². The van der Waals surface area contributed by atoms with Crippen molar-refractivity contribution in [1.29, 1.82) is 0 Å². The van der Waals surface area contributed by atoms with E-state index in [1.807, 2.05) is 87.4 Å². The molecule has 0 saturated carbocycles. The lowest BCUT2D eigenvalue weighted by atomic mass is 9.75. The van der Waals surface area contributed by atoms with Crippen LogP contribution in [-0.4, -0.2) is 248 Å². The van der Waals surface area contributed by atoms with Crippen LogP contribution in [0.25, 0.3) is 0 Å². The van der Waals surface area contributed by atoms with E-state index in [1.54, 1.807) is 51.7 Å². The molecule has 1 heterocycles. The Morgan fingerprint density at radius 2 is 0.850 bits per heavy atom. The normalized spacial score (nSPS) is 18.3. The van der Waals surface area contributed by atoms with Crippen molar-refractivity contribution in [1.82, 2.24) is 4.90 Å². The van der Waals surface area contributed by atoms with Gasteiger partial charge in [0.25, 0.3) is 0 Å². The monoisotopic (exact) mass is 1430 g/mol. The highest BCUT2D eigenvalue weighted by atomic mass is 16.6. The van der Waals surface area contributed by atoms with Crippen LogP contribution in [0, 0.1) is 16.7 Å². The molecule has 15 unspecified atom stereocenters. The zero-order valence-corrected chi connectivity index (χ0v) is 63.2. The SMILES string of the molecule is CCC(CCC(C)(CC(C)N1CCCCCC1=O)C(=O)OCCOC(=O)C(CCC(=O)OCC(C)OCC(C)OCC(C)OCC(C)OCC(C)OCC(C)O)(CCC(=O)OCC(C)OCC(C)OCC(C)OCC(C)OCC(C)OCC(C)O)C(C)=O)C(=O)OCCOc1ccccc1. The summed E-state index contributed by atoms with van der Waals surface area (Å²) >= 11 is 0. The Bertz CT molecular complexity index is 2340. The number of nitrogens with zero attached hydrogens (tertiary/aromatic N) is 1. The number of ketones is 1. The molecule has 1 saturated heterocycles. The number of aliphatic hydroxyl groups excluding tert-OH is 2. The molecule has 26 heteroatoms. The highest BCUT2D eigenvalue weighted by Crippen LogP contribution is 2.37. The fourth-order valence-corrected chi connectivity index (χ4v) is 10.5. The summed E-state index contributed by atoms with van der Waals surface area (Å²) in [5.41, 5.74) is -3.28. The Hall–Kier alpha value is -4.97. The Kier molecular flexibility index (Phi) is 46.7. The van der Waals surface area contributed by atoms with Gasteiger partial charge in [0.2, 0.25) is 5.91 Å². The van der Waals surface area contributed by atoms with E-state index < -0.39 is 116 Å². The maximum atomic E-state index is 14.4. The maximum Gasteiger partial charge on any atom is 0.319 e. The molecular formula is C74H127NO25. The third kappa shape index (κ3) is 40.2. The molecule has 26 nitrogen and oxygen atoms in total. The maximum absolute atomic E-state index is 14.4. The summed E-state index contributed by atoms with van der Waals surface area (Å²) in [5.74, 6) is -4.25. The number of esters is 5. The van der Waals surface area contributed by atoms with E-state index in [1.165, 1.54) is 6.92 Å². The summed E-state index contributed by atoms with van der Waals surface area (Å²) in [4.78, 5) is 98.1. The molecule has 1 aliphatic rings. The molecular weight excluding hydrogens is 1300 g/mol. The second-order valence-corrected chi connectivity index (χ2v) is 27.4. The van der Waals surface area contributed by atoms with Crippen LogP contribution in [0.1, 0.15) is 188 Å². The molecule has 0 radical (unpaired) electrons. The standard InChI is InChI=1S/C74H127NO25/c1-17-65(70(82)86-35-34-85-66-24-20-18-21-25-66)27-30-73(16,38-51(2)75-33-23-19-22-26-67(75)79)71(83)87-36-37-88-72(84)74(64(15)78,31-28-68(80)99-49-62(13)97-47-60(11)95-45-58(9)93-43-56(7)91-41-54(5)89-39-52(3)76)32-29-69(81)100-50-63(14)98-48-61(12)96-46-59(10)94-44-57(8)92-42-55(6)90-40-53(4)77/h18,20-21,24-25,51-63,65,76-77H,17,19,22-23,26-50H2,1-16H3. The fraction of sp³-hybridized carbons (Fsp3) is 0.824. The molecule has 2 N–H and O–H groups in total. The molecule has 1 aromatic carbocycles. The first-order chi connectivity index (χ1) is 47.4. The van der Waals surface area contributed by atoms with Crippen molar-refractivity contribution < 1.29 is 120 Å². The summed E-state index contributed by atoms with van der Waals surface area (Å²) in [7, 11) is 0. The third-order valence-electron chi connectivity index (χ3n) is 16.8. The predicted molar refractivity (Wildman–Crippen MR) is 371 cm³/mol. The highest BCUT2D eigenvalue weighted by Gasteiger charge is 2.46. The van der Waals surface area contributed by atoms with Gasteiger partial charge in [0.15, 0.2) is 0 Å². The van der Waals surface area contributed by atoms with Crippen LogP contribution in [0.3, 0.4) is 0 Å². The molecule has 100 heavy (non-hydrogen) atoms. The summed E-state index contributed by atoms with van der Waals surface area (Å²) in [5, 5.41) is 18.9. The van der Waals surface area contributed by atoms with E-state index in [0.717, 1.165) is 19.3 Å². The molecule has 2 rings (SSSR count). The number of rotatable bonds is 58. The first-order valence-electron chi connectivity index (χ1n) is 36.2. The summed E-state index contributed by atoms with van der Waals surface area (Å²) in [6, 6.07) is 8.78. The van der Waals surface area contributed by atoms with Crippen LogP contribution in [0.4, 0.5) is 0 Å². The lowest BCUT2D eigenvalue weighted by molar-refractivity contribution is -0.169. The van der Waals surface area contributed by atoms with Crippen molar-refractivity contribution in [2.24, 2.45) is 16.7 Å².